The summed E-state index contributed by atoms with van der Waals surface area (Å²) < 4.78 is 11.5. The van der Waals surface area contributed by atoms with Gasteiger partial charge in [-0.3, -0.25) is 0 Å². The fourth-order valence-electron chi connectivity index (χ4n) is 11.5. The van der Waals surface area contributed by atoms with Crippen molar-refractivity contribution in [1.29, 1.82) is 0 Å². The third-order valence-electron chi connectivity index (χ3n) is 13.8. The zero-order chi connectivity index (χ0) is 28.7. The van der Waals surface area contributed by atoms with Gasteiger partial charge in [-0.2, -0.15) is 0 Å². The number of hydrogen-bond acceptors (Lipinski definition) is 5. The molecule has 5 heteroatoms. The molecule has 2 heterocycles. The highest BCUT2D eigenvalue weighted by molar-refractivity contribution is 5.53. The van der Waals surface area contributed by atoms with E-state index in [0.717, 1.165) is 19.3 Å². The van der Waals surface area contributed by atoms with Gasteiger partial charge in [0.1, 0.15) is 24.6 Å². The summed E-state index contributed by atoms with van der Waals surface area (Å²) in [5.74, 6) is 2.49. The van der Waals surface area contributed by atoms with Gasteiger partial charge >= 0.3 is 0 Å². The normalized spacial score (nSPS) is 51.8. The van der Waals surface area contributed by atoms with Crippen LogP contribution in [0, 0.1) is 51.2 Å². The number of epoxide rings is 1. The number of hydrogen-bond donors (Lipinski definition) is 2. The van der Waals surface area contributed by atoms with Crippen LogP contribution in [0.25, 0.3) is 0 Å². The minimum Gasteiger partial charge on any atom is -0.388 e. The zero-order valence-corrected chi connectivity index (χ0v) is 26.0. The molecule has 40 heavy (non-hydrogen) atoms. The summed E-state index contributed by atoms with van der Waals surface area (Å²) in [5, 5.41) is 21.2. The second-order valence-corrected chi connectivity index (χ2v) is 16.4. The Labute approximate surface area is 242 Å². The van der Waals surface area contributed by atoms with Crippen molar-refractivity contribution in [2.24, 2.45) is 51.2 Å². The Kier molecular flexibility index (Phi) is 7.45. The van der Waals surface area contributed by atoms with Crippen molar-refractivity contribution in [1.82, 2.24) is 0 Å². The number of carbonyl (C=O) groups is 1. The molecule has 0 radical (unpaired) electrons. The minimum absolute atomic E-state index is 0.136. The average molecular weight is 557 g/mol. The van der Waals surface area contributed by atoms with Crippen molar-refractivity contribution in [3.8, 4) is 0 Å². The molecule has 2 N–H and O–H groups in total. The smallest absolute Gasteiger partial charge is 0.187 e. The monoisotopic (exact) mass is 556 g/mol. The number of aliphatic hydroxyl groups excluding tert-OH is 2. The van der Waals surface area contributed by atoms with Gasteiger partial charge in [-0.1, -0.05) is 59.6 Å². The average Bonchev–Trinajstić information content (AvgIpc) is 3.69. The van der Waals surface area contributed by atoms with Crippen LogP contribution < -0.4 is 0 Å². The summed E-state index contributed by atoms with van der Waals surface area (Å²) in [4.78, 5) is 12.0. The molecule has 0 bridgehead atoms. The quantitative estimate of drug-likeness (QED) is 0.204. The first-order valence-corrected chi connectivity index (χ1v) is 16.7. The van der Waals surface area contributed by atoms with Gasteiger partial charge in [-0.05, 0) is 116 Å². The Morgan fingerprint density at radius 2 is 1.77 bits per heavy atom. The molecule has 3 saturated carbocycles. The van der Waals surface area contributed by atoms with Crippen molar-refractivity contribution in [3.05, 3.63) is 11.6 Å². The topological polar surface area (TPSA) is 79.3 Å². The first kappa shape index (κ1) is 29.3. The van der Waals surface area contributed by atoms with Crippen molar-refractivity contribution >= 4 is 6.29 Å². The number of allylic oxidation sites excluding steroid dienone is 2. The van der Waals surface area contributed by atoms with Gasteiger partial charge in [0.25, 0.3) is 0 Å². The molecule has 0 amide bonds. The predicted octanol–water partition coefficient (Wildman–Crippen LogP) is 6.84. The molecule has 2 aliphatic heterocycles. The van der Waals surface area contributed by atoms with E-state index >= 15 is 0 Å². The summed E-state index contributed by atoms with van der Waals surface area (Å²) in [5.41, 5.74) is 2.87. The first-order valence-electron chi connectivity index (χ1n) is 16.7. The highest BCUT2D eigenvalue weighted by Gasteiger charge is 2.62. The SMILES string of the molecule is CCCC1(C)C(C(C)C=O)CCC2(C)C3CCC4(CCC5OC6OC6C(O)C5O)CCC(C)(C)CC4C3=CCC21. The Hall–Kier alpha value is -0.750. The Balaban J connectivity index is 1.29. The summed E-state index contributed by atoms with van der Waals surface area (Å²) in [6, 6.07) is 0. The molecule has 6 aliphatic rings. The molecule has 4 aliphatic carbocycles. The number of carbonyl (C=O) groups excluding carboxylic acids is 1. The minimum atomic E-state index is -0.858. The predicted molar refractivity (Wildman–Crippen MR) is 156 cm³/mol. The maximum atomic E-state index is 12.0. The van der Waals surface area contributed by atoms with Crippen LogP contribution in [0.15, 0.2) is 11.6 Å². The Morgan fingerprint density at radius 3 is 2.50 bits per heavy atom. The molecule has 5 nitrogen and oxygen atoms in total. The van der Waals surface area contributed by atoms with Gasteiger partial charge in [0.05, 0.1) is 6.10 Å². The van der Waals surface area contributed by atoms with Crippen LogP contribution in [0.1, 0.15) is 119 Å². The largest absolute Gasteiger partial charge is 0.388 e. The van der Waals surface area contributed by atoms with Crippen molar-refractivity contribution < 1.29 is 24.5 Å². The molecule has 0 aromatic heterocycles. The highest BCUT2D eigenvalue weighted by Crippen LogP contribution is 2.70. The lowest BCUT2D eigenvalue weighted by Crippen LogP contribution is -2.57. The van der Waals surface area contributed by atoms with Crippen LogP contribution in [0.3, 0.4) is 0 Å². The molecule has 0 aromatic rings. The van der Waals surface area contributed by atoms with Crippen LogP contribution in [0.4, 0.5) is 0 Å². The molecule has 0 spiro atoms. The van der Waals surface area contributed by atoms with Crippen LogP contribution in [0.2, 0.25) is 0 Å². The molecule has 6 rings (SSSR count). The van der Waals surface area contributed by atoms with Gasteiger partial charge in [-0.25, -0.2) is 0 Å². The van der Waals surface area contributed by atoms with Crippen molar-refractivity contribution in [2.45, 2.75) is 149 Å². The van der Waals surface area contributed by atoms with E-state index in [-0.39, 0.29) is 35.2 Å². The standard InChI is InChI=1S/C35H56O5/c1-7-13-33(5)23(21(2)20-36)10-14-34(6)24-11-15-35(16-12-26-28(37)29(38)30-31(39-26)40-30)18-17-32(3,4)19-25(35)22(24)8-9-27(33)34/h8,20-21,23-31,37-38H,7,9-19H2,1-6H3. The van der Waals surface area contributed by atoms with E-state index in [1.807, 2.05) is 0 Å². The third-order valence-corrected chi connectivity index (χ3v) is 13.8. The van der Waals surface area contributed by atoms with E-state index in [1.165, 1.54) is 64.1 Å². The second kappa shape index (κ2) is 10.2. The van der Waals surface area contributed by atoms with Gasteiger partial charge < -0.3 is 24.5 Å². The van der Waals surface area contributed by atoms with Crippen LogP contribution >= 0.6 is 0 Å². The van der Waals surface area contributed by atoms with Crippen molar-refractivity contribution in [3.63, 3.8) is 0 Å². The van der Waals surface area contributed by atoms with Gasteiger partial charge in [0, 0.05) is 5.92 Å². The highest BCUT2D eigenvalue weighted by atomic mass is 16.8. The van der Waals surface area contributed by atoms with Crippen LogP contribution in [-0.2, 0) is 14.3 Å². The zero-order valence-electron chi connectivity index (χ0n) is 26.0. The van der Waals surface area contributed by atoms with E-state index in [0.29, 0.717) is 34.5 Å². The molecule has 5 fully saturated rings. The van der Waals surface area contributed by atoms with E-state index in [9.17, 15) is 15.0 Å². The summed E-state index contributed by atoms with van der Waals surface area (Å²) >= 11 is 0. The van der Waals surface area contributed by atoms with E-state index in [4.69, 9.17) is 9.47 Å². The third kappa shape index (κ3) is 4.50. The molecule has 13 unspecified atom stereocenters. The summed E-state index contributed by atoms with van der Waals surface area (Å²) in [6.07, 6.45) is 15.3. The maximum Gasteiger partial charge on any atom is 0.187 e. The molecule has 226 valence electrons. The Bertz CT molecular complexity index is 1010. The molecular formula is C35H56O5. The number of fused-ring (bicyclic) bond motifs is 6. The summed E-state index contributed by atoms with van der Waals surface area (Å²) in [6.45, 7) is 14.6. The maximum absolute atomic E-state index is 12.0. The van der Waals surface area contributed by atoms with Gasteiger partial charge in [0.2, 0.25) is 0 Å². The van der Waals surface area contributed by atoms with Gasteiger partial charge in [-0.15, -0.1) is 0 Å². The van der Waals surface area contributed by atoms with Crippen LogP contribution in [0.5, 0.6) is 0 Å². The number of rotatable bonds is 7. The number of aldehydes is 1. The van der Waals surface area contributed by atoms with Crippen LogP contribution in [-0.4, -0.2) is 47.2 Å². The van der Waals surface area contributed by atoms with E-state index in [1.54, 1.807) is 5.57 Å². The van der Waals surface area contributed by atoms with E-state index < -0.39 is 12.2 Å². The van der Waals surface area contributed by atoms with E-state index in [2.05, 4.69) is 47.6 Å². The molecule has 0 aromatic carbocycles. The summed E-state index contributed by atoms with van der Waals surface area (Å²) in [7, 11) is 0. The lowest BCUT2D eigenvalue weighted by atomic mass is 9.39. The van der Waals surface area contributed by atoms with Crippen molar-refractivity contribution in [2.75, 3.05) is 0 Å². The first-order chi connectivity index (χ1) is 18.9. The fraction of sp³-hybridized carbons (Fsp3) is 0.914. The number of ether oxygens (including phenoxy) is 2. The molecule has 2 saturated heterocycles. The Morgan fingerprint density at radius 1 is 1.00 bits per heavy atom. The molecular weight excluding hydrogens is 500 g/mol. The molecule has 13 atom stereocenters. The lowest BCUT2D eigenvalue weighted by Gasteiger charge is -2.65. The van der Waals surface area contributed by atoms with Gasteiger partial charge in [0.15, 0.2) is 6.29 Å². The fourth-order valence-corrected chi connectivity index (χ4v) is 11.5. The lowest BCUT2D eigenvalue weighted by molar-refractivity contribution is -0.144. The second-order valence-electron chi connectivity index (χ2n) is 16.4. The number of aliphatic hydroxyl groups is 2.